The topological polar surface area (TPSA) is 89.7 Å². The summed E-state index contributed by atoms with van der Waals surface area (Å²) in [6, 6.07) is 10.5. The number of anilines is 1. The average Bonchev–Trinajstić information content (AvgIpc) is 3.31. The van der Waals surface area contributed by atoms with Crippen LogP contribution in [0.3, 0.4) is 0 Å². The van der Waals surface area contributed by atoms with Crippen LogP contribution in [0.15, 0.2) is 42.5 Å². The Morgan fingerprint density at radius 3 is 2.86 bits per heavy atom. The summed E-state index contributed by atoms with van der Waals surface area (Å²) in [7, 11) is 0. The van der Waals surface area contributed by atoms with Crippen LogP contribution in [0.5, 0.6) is 11.5 Å². The molecule has 0 fully saturated rings. The molecule has 1 aliphatic rings. The average molecular weight is 413 g/mol. The SMILES string of the molecule is CCOC(=O)c1[nH]c2ccc(Cl)cc2c1NC(=O)C=Cc1ccc2c(c1)OCO2. The Balaban J connectivity index is 1.60. The summed E-state index contributed by atoms with van der Waals surface area (Å²) < 4.78 is 15.7. The van der Waals surface area contributed by atoms with Crippen molar-refractivity contribution < 1.29 is 23.8 Å². The summed E-state index contributed by atoms with van der Waals surface area (Å²) in [5.74, 6) is 0.328. The number of carbonyl (C=O) groups excluding carboxylic acids is 2. The fraction of sp³-hybridized carbons (Fsp3) is 0.143. The number of fused-ring (bicyclic) bond motifs is 2. The second kappa shape index (κ2) is 7.89. The van der Waals surface area contributed by atoms with Crippen molar-refractivity contribution >= 4 is 46.1 Å². The van der Waals surface area contributed by atoms with E-state index in [0.29, 0.717) is 33.1 Å². The van der Waals surface area contributed by atoms with Crippen LogP contribution >= 0.6 is 11.6 Å². The van der Waals surface area contributed by atoms with Crippen molar-refractivity contribution in [3.8, 4) is 11.5 Å². The molecule has 0 radical (unpaired) electrons. The molecular weight excluding hydrogens is 396 g/mol. The van der Waals surface area contributed by atoms with Crippen molar-refractivity contribution in [3.05, 3.63) is 58.8 Å². The highest BCUT2D eigenvalue weighted by molar-refractivity contribution is 6.31. The number of aromatic amines is 1. The summed E-state index contributed by atoms with van der Waals surface area (Å²) in [6.45, 7) is 2.11. The molecule has 1 aliphatic heterocycles. The molecule has 0 spiro atoms. The summed E-state index contributed by atoms with van der Waals surface area (Å²) in [5.41, 5.74) is 1.92. The molecule has 148 valence electrons. The van der Waals surface area contributed by atoms with E-state index in [0.717, 1.165) is 5.56 Å². The largest absolute Gasteiger partial charge is 0.461 e. The zero-order chi connectivity index (χ0) is 20.4. The lowest BCUT2D eigenvalue weighted by Gasteiger charge is -2.05. The van der Waals surface area contributed by atoms with Crippen molar-refractivity contribution in [3.63, 3.8) is 0 Å². The van der Waals surface area contributed by atoms with E-state index in [2.05, 4.69) is 10.3 Å². The zero-order valence-corrected chi connectivity index (χ0v) is 16.2. The van der Waals surface area contributed by atoms with Gasteiger partial charge in [-0.15, -0.1) is 0 Å². The van der Waals surface area contributed by atoms with E-state index in [1.807, 2.05) is 6.07 Å². The molecule has 0 aliphatic carbocycles. The molecule has 4 rings (SSSR count). The molecule has 7 nitrogen and oxygen atoms in total. The van der Waals surface area contributed by atoms with Gasteiger partial charge in [0.25, 0.3) is 0 Å². The Labute approximate surface area is 171 Å². The molecule has 0 unspecified atom stereocenters. The Morgan fingerprint density at radius 1 is 1.21 bits per heavy atom. The van der Waals surface area contributed by atoms with Gasteiger partial charge < -0.3 is 24.5 Å². The number of esters is 1. The van der Waals surface area contributed by atoms with E-state index < -0.39 is 11.9 Å². The number of benzene rings is 2. The summed E-state index contributed by atoms with van der Waals surface area (Å²) in [6.07, 6.45) is 3.01. The molecular formula is C21H17ClN2O5. The first-order valence-corrected chi connectivity index (χ1v) is 9.30. The molecule has 0 saturated carbocycles. The van der Waals surface area contributed by atoms with Crippen molar-refractivity contribution in [1.29, 1.82) is 0 Å². The van der Waals surface area contributed by atoms with Gasteiger partial charge in [-0.2, -0.15) is 0 Å². The van der Waals surface area contributed by atoms with Crippen LogP contribution in [0.25, 0.3) is 17.0 Å². The van der Waals surface area contributed by atoms with E-state index in [4.69, 9.17) is 25.8 Å². The predicted molar refractivity (Wildman–Crippen MR) is 109 cm³/mol. The number of hydrogen-bond donors (Lipinski definition) is 2. The summed E-state index contributed by atoms with van der Waals surface area (Å²) in [4.78, 5) is 27.8. The van der Waals surface area contributed by atoms with Crippen molar-refractivity contribution in [2.75, 3.05) is 18.7 Å². The van der Waals surface area contributed by atoms with E-state index in [1.165, 1.54) is 6.08 Å². The third kappa shape index (κ3) is 3.90. The van der Waals surface area contributed by atoms with Crippen molar-refractivity contribution in [1.82, 2.24) is 4.98 Å². The Bertz CT molecular complexity index is 1140. The quantitative estimate of drug-likeness (QED) is 0.479. The van der Waals surface area contributed by atoms with Gasteiger partial charge in [0.1, 0.15) is 5.69 Å². The van der Waals surface area contributed by atoms with Gasteiger partial charge in [-0.25, -0.2) is 4.79 Å². The molecule has 8 heteroatoms. The van der Waals surface area contributed by atoms with Crippen LogP contribution < -0.4 is 14.8 Å². The van der Waals surface area contributed by atoms with Gasteiger partial charge in [-0.05, 0) is 48.9 Å². The van der Waals surface area contributed by atoms with Crippen LogP contribution in [-0.4, -0.2) is 30.3 Å². The number of amides is 1. The number of ether oxygens (including phenoxy) is 3. The van der Waals surface area contributed by atoms with Crippen LogP contribution in [-0.2, 0) is 9.53 Å². The van der Waals surface area contributed by atoms with Gasteiger partial charge in [0.05, 0.1) is 12.3 Å². The lowest BCUT2D eigenvalue weighted by atomic mass is 10.2. The standard InChI is InChI=1S/C21H17ClN2O5/c1-2-27-21(26)20-19(14-10-13(22)5-6-15(14)23-20)24-18(25)8-4-12-3-7-16-17(9-12)29-11-28-16/h3-10,23H,2,11H2,1H3,(H,24,25). The van der Waals surface area contributed by atoms with E-state index in [-0.39, 0.29) is 19.1 Å². The molecule has 0 atom stereocenters. The first-order valence-electron chi connectivity index (χ1n) is 8.92. The third-order valence-corrected chi connectivity index (χ3v) is 4.55. The molecule has 2 N–H and O–H groups in total. The fourth-order valence-electron chi connectivity index (χ4n) is 3.00. The smallest absolute Gasteiger partial charge is 0.356 e. The molecule has 0 saturated heterocycles. The third-order valence-electron chi connectivity index (χ3n) is 4.31. The van der Waals surface area contributed by atoms with E-state index >= 15 is 0 Å². The van der Waals surface area contributed by atoms with Crippen molar-refractivity contribution in [2.45, 2.75) is 6.92 Å². The number of H-pyrrole nitrogens is 1. The fourth-order valence-corrected chi connectivity index (χ4v) is 3.18. The second-order valence-corrected chi connectivity index (χ2v) is 6.66. The minimum Gasteiger partial charge on any atom is -0.461 e. The molecule has 1 aromatic heterocycles. The highest BCUT2D eigenvalue weighted by atomic mass is 35.5. The maximum atomic E-state index is 12.5. The monoisotopic (exact) mass is 412 g/mol. The van der Waals surface area contributed by atoms with Gasteiger partial charge >= 0.3 is 5.97 Å². The number of carbonyl (C=O) groups is 2. The summed E-state index contributed by atoms with van der Waals surface area (Å²) >= 11 is 6.09. The molecule has 29 heavy (non-hydrogen) atoms. The van der Waals surface area contributed by atoms with Crippen molar-refractivity contribution in [2.24, 2.45) is 0 Å². The molecule has 2 heterocycles. The first kappa shape index (κ1) is 18.9. The van der Waals surface area contributed by atoms with Gasteiger partial charge in [-0.1, -0.05) is 17.7 Å². The normalized spacial score (nSPS) is 12.5. The maximum absolute atomic E-state index is 12.5. The van der Waals surface area contributed by atoms with E-state index in [9.17, 15) is 9.59 Å². The molecule has 2 aromatic carbocycles. The minimum atomic E-state index is -0.560. The second-order valence-electron chi connectivity index (χ2n) is 6.22. The highest BCUT2D eigenvalue weighted by Crippen LogP contribution is 2.33. The Hall–Kier alpha value is -3.45. The lowest BCUT2D eigenvalue weighted by molar-refractivity contribution is -0.111. The van der Waals surface area contributed by atoms with Crippen LogP contribution in [0.2, 0.25) is 5.02 Å². The van der Waals surface area contributed by atoms with Crippen LogP contribution in [0.1, 0.15) is 23.0 Å². The van der Waals surface area contributed by atoms with Gasteiger partial charge in [0.2, 0.25) is 12.7 Å². The van der Waals surface area contributed by atoms with E-state index in [1.54, 1.807) is 43.3 Å². The minimum absolute atomic E-state index is 0.161. The Morgan fingerprint density at radius 2 is 2.03 bits per heavy atom. The number of aromatic nitrogens is 1. The van der Waals surface area contributed by atoms with Gasteiger partial charge in [0.15, 0.2) is 11.5 Å². The molecule has 1 amide bonds. The molecule has 0 bridgehead atoms. The number of rotatable bonds is 5. The summed E-state index contributed by atoms with van der Waals surface area (Å²) in [5, 5.41) is 3.85. The lowest BCUT2D eigenvalue weighted by Crippen LogP contribution is -2.13. The zero-order valence-electron chi connectivity index (χ0n) is 15.5. The predicted octanol–water partition coefficient (Wildman–Crippen LogP) is 4.38. The van der Waals surface area contributed by atoms with Crippen LogP contribution in [0, 0.1) is 0 Å². The van der Waals surface area contributed by atoms with Gasteiger partial charge in [0, 0.05) is 22.0 Å². The van der Waals surface area contributed by atoms with Gasteiger partial charge in [-0.3, -0.25) is 4.79 Å². The number of halogens is 1. The first-order chi connectivity index (χ1) is 14.0. The van der Waals surface area contributed by atoms with Crippen LogP contribution in [0.4, 0.5) is 5.69 Å². The number of hydrogen-bond acceptors (Lipinski definition) is 5. The maximum Gasteiger partial charge on any atom is 0.356 e. The highest BCUT2D eigenvalue weighted by Gasteiger charge is 2.20. The number of nitrogens with one attached hydrogen (secondary N) is 2. The molecule has 3 aromatic rings. The Kier molecular flexibility index (Phi) is 5.14.